The van der Waals surface area contributed by atoms with E-state index in [1.165, 1.54) is 0 Å². The van der Waals surface area contributed by atoms with Gasteiger partial charge in [0.1, 0.15) is 0 Å². The van der Waals surface area contributed by atoms with Gasteiger partial charge < -0.3 is 19.5 Å². The molecule has 0 heterocycles. The summed E-state index contributed by atoms with van der Waals surface area (Å²) in [7, 11) is 0. The first kappa shape index (κ1) is 19.8. The van der Waals surface area contributed by atoms with Gasteiger partial charge in [0, 0.05) is 13.1 Å². The Bertz CT molecular complexity index is 195. The number of nitrogens with one attached hydrogen (secondary N) is 1. The highest BCUT2D eigenvalue weighted by Gasteiger charge is 2.09. The fraction of sp³-hybridized carbons (Fsp3) is 1.00. The van der Waals surface area contributed by atoms with Crippen molar-refractivity contribution < 1.29 is 14.2 Å². The van der Waals surface area contributed by atoms with Gasteiger partial charge in [-0.3, -0.25) is 0 Å². The predicted molar refractivity (Wildman–Crippen MR) is 84.2 cm³/mol. The molecule has 0 amide bonds. The second-order valence-electron chi connectivity index (χ2n) is 7.58. The van der Waals surface area contributed by atoms with Crippen molar-refractivity contribution in [2.24, 2.45) is 10.8 Å². The van der Waals surface area contributed by atoms with Gasteiger partial charge in [-0.25, -0.2) is 0 Å². The summed E-state index contributed by atoms with van der Waals surface area (Å²) < 4.78 is 16.4. The quantitative estimate of drug-likeness (QED) is 0.594. The van der Waals surface area contributed by atoms with Crippen LogP contribution in [-0.2, 0) is 14.2 Å². The number of rotatable bonds is 11. The van der Waals surface area contributed by atoms with Gasteiger partial charge in [0.15, 0.2) is 0 Å². The summed E-state index contributed by atoms with van der Waals surface area (Å²) in [6.45, 7) is 19.1. The summed E-state index contributed by atoms with van der Waals surface area (Å²) in [4.78, 5) is 0. The first-order valence-corrected chi connectivity index (χ1v) is 7.65. The molecule has 0 radical (unpaired) electrons. The Labute approximate surface area is 125 Å². The van der Waals surface area contributed by atoms with E-state index in [2.05, 4.69) is 46.9 Å². The second-order valence-corrected chi connectivity index (χ2v) is 7.58. The van der Waals surface area contributed by atoms with Crippen LogP contribution in [0.3, 0.4) is 0 Å². The molecule has 0 aromatic rings. The molecule has 0 aromatic heterocycles. The molecule has 0 aliphatic carbocycles. The minimum Gasteiger partial charge on any atom is -0.379 e. The molecule has 1 N–H and O–H groups in total. The summed E-state index contributed by atoms with van der Waals surface area (Å²) >= 11 is 0. The molecular formula is C16H35NO3. The molecule has 0 atom stereocenters. The highest BCUT2D eigenvalue weighted by atomic mass is 16.5. The van der Waals surface area contributed by atoms with Gasteiger partial charge in [0.05, 0.1) is 39.6 Å². The zero-order chi connectivity index (χ0) is 15.5. The Morgan fingerprint density at radius 3 is 1.65 bits per heavy atom. The van der Waals surface area contributed by atoms with E-state index in [0.717, 1.165) is 26.3 Å². The van der Waals surface area contributed by atoms with E-state index in [1.54, 1.807) is 0 Å². The average Bonchev–Trinajstić information content (AvgIpc) is 2.27. The van der Waals surface area contributed by atoms with Crippen LogP contribution in [0, 0.1) is 10.8 Å². The molecule has 0 unspecified atom stereocenters. The van der Waals surface area contributed by atoms with Gasteiger partial charge in [-0.15, -0.1) is 0 Å². The average molecular weight is 289 g/mol. The van der Waals surface area contributed by atoms with E-state index in [4.69, 9.17) is 14.2 Å². The van der Waals surface area contributed by atoms with Crippen molar-refractivity contribution >= 4 is 0 Å². The molecule has 0 aromatic carbocycles. The molecular weight excluding hydrogens is 254 g/mol. The van der Waals surface area contributed by atoms with Crippen LogP contribution in [-0.4, -0.2) is 52.7 Å². The number of hydrogen-bond acceptors (Lipinski definition) is 4. The lowest BCUT2D eigenvalue weighted by Gasteiger charge is -2.18. The molecule has 0 saturated carbocycles. The topological polar surface area (TPSA) is 39.7 Å². The van der Waals surface area contributed by atoms with Crippen molar-refractivity contribution in [1.82, 2.24) is 5.32 Å². The van der Waals surface area contributed by atoms with Gasteiger partial charge in [-0.1, -0.05) is 41.5 Å². The molecule has 0 saturated heterocycles. The minimum absolute atomic E-state index is 0.225. The molecule has 0 spiro atoms. The molecule has 0 aliphatic rings. The maximum atomic E-state index is 5.51. The standard InChI is InChI=1S/C16H35NO3/c1-15(2,3)13-17-7-8-18-9-10-19-11-12-20-14-16(4,5)6/h17H,7-14H2,1-6H3. The number of ether oxygens (including phenoxy) is 3. The Morgan fingerprint density at radius 1 is 0.650 bits per heavy atom. The molecule has 20 heavy (non-hydrogen) atoms. The van der Waals surface area contributed by atoms with Crippen molar-refractivity contribution in [2.75, 3.05) is 52.7 Å². The van der Waals surface area contributed by atoms with E-state index in [1.807, 2.05) is 0 Å². The fourth-order valence-electron chi connectivity index (χ4n) is 1.43. The Morgan fingerprint density at radius 2 is 1.15 bits per heavy atom. The molecule has 0 aliphatic heterocycles. The fourth-order valence-corrected chi connectivity index (χ4v) is 1.43. The first-order valence-electron chi connectivity index (χ1n) is 7.65. The summed E-state index contributed by atoms with van der Waals surface area (Å²) in [6.07, 6.45) is 0. The summed E-state index contributed by atoms with van der Waals surface area (Å²) in [5.41, 5.74) is 0.555. The highest BCUT2D eigenvalue weighted by molar-refractivity contribution is 4.64. The normalized spacial score (nSPS) is 12.9. The summed E-state index contributed by atoms with van der Waals surface area (Å²) in [5, 5.41) is 3.37. The van der Waals surface area contributed by atoms with E-state index >= 15 is 0 Å². The zero-order valence-corrected chi connectivity index (χ0v) is 14.4. The van der Waals surface area contributed by atoms with Crippen LogP contribution in [0.25, 0.3) is 0 Å². The van der Waals surface area contributed by atoms with Crippen molar-refractivity contribution in [3.63, 3.8) is 0 Å². The maximum Gasteiger partial charge on any atom is 0.0701 e. The molecule has 122 valence electrons. The third-order valence-electron chi connectivity index (χ3n) is 2.36. The van der Waals surface area contributed by atoms with Crippen LogP contribution in [0.4, 0.5) is 0 Å². The molecule has 4 heteroatoms. The monoisotopic (exact) mass is 289 g/mol. The van der Waals surface area contributed by atoms with Crippen molar-refractivity contribution in [3.8, 4) is 0 Å². The second kappa shape index (κ2) is 10.6. The summed E-state index contributed by atoms with van der Waals surface area (Å²) in [5.74, 6) is 0. The lowest BCUT2D eigenvalue weighted by Crippen LogP contribution is -2.29. The molecule has 0 bridgehead atoms. The van der Waals surface area contributed by atoms with Gasteiger partial charge in [0.2, 0.25) is 0 Å². The van der Waals surface area contributed by atoms with E-state index in [0.29, 0.717) is 31.8 Å². The van der Waals surface area contributed by atoms with E-state index < -0.39 is 0 Å². The Balaban J connectivity index is 3.10. The SMILES string of the molecule is CC(C)(C)CNCCOCCOCCOCC(C)(C)C. The van der Waals surface area contributed by atoms with Gasteiger partial charge in [-0.2, -0.15) is 0 Å². The summed E-state index contributed by atoms with van der Waals surface area (Å²) in [6, 6.07) is 0. The van der Waals surface area contributed by atoms with Crippen LogP contribution in [0.1, 0.15) is 41.5 Å². The van der Waals surface area contributed by atoms with Crippen LogP contribution < -0.4 is 5.32 Å². The van der Waals surface area contributed by atoms with Crippen molar-refractivity contribution in [3.05, 3.63) is 0 Å². The largest absolute Gasteiger partial charge is 0.379 e. The van der Waals surface area contributed by atoms with Gasteiger partial charge in [0.25, 0.3) is 0 Å². The molecule has 0 rings (SSSR count). The minimum atomic E-state index is 0.225. The predicted octanol–water partition coefficient (Wildman–Crippen LogP) is 2.72. The van der Waals surface area contributed by atoms with Crippen LogP contribution in [0.2, 0.25) is 0 Å². The first-order chi connectivity index (χ1) is 9.21. The number of hydrogen-bond donors (Lipinski definition) is 1. The van der Waals surface area contributed by atoms with E-state index in [-0.39, 0.29) is 5.41 Å². The highest BCUT2D eigenvalue weighted by Crippen LogP contribution is 2.12. The Hall–Kier alpha value is -0.160. The lowest BCUT2D eigenvalue weighted by molar-refractivity contribution is -0.000381. The van der Waals surface area contributed by atoms with Crippen LogP contribution >= 0.6 is 0 Å². The van der Waals surface area contributed by atoms with Gasteiger partial charge in [-0.05, 0) is 10.8 Å². The zero-order valence-electron chi connectivity index (χ0n) is 14.4. The van der Waals surface area contributed by atoms with Gasteiger partial charge >= 0.3 is 0 Å². The lowest BCUT2D eigenvalue weighted by atomic mass is 9.97. The maximum absolute atomic E-state index is 5.51. The molecule has 4 nitrogen and oxygen atoms in total. The molecule has 0 fully saturated rings. The Kier molecular flexibility index (Phi) is 10.5. The van der Waals surface area contributed by atoms with Crippen molar-refractivity contribution in [1.29, 1.82) is 0 Å². The third kappa shape index (κ3) is 17.8. The van der Waals surface area contributed by atoms with Crippen LogP contribution in [0.5, 0.6) is 0 Å². The van der Waals surface area contributed by atoms with E-state index in [9.17, 15) is 0 Å². The van der Waals surface area contributed by atoms with Crippen molar-refractivity contribution in [2.45, 2.75) is 41.5 Å². The smallest absolute Gasteiger partial charge is 0.0701 e. The van der Waals surface area contributed by atoms with Crippen LogP contribution in [0.15, 0.2) is 0 Å². The third-order valence-corrected chi connectivity index (χ3v) is 2.36.